The van der Waals surface area contributed by atoms with Crippen molar-refractivity contribution in [1.29, 1.82) is 0 Å². The number of thiazole rings is 1. The molecule has 7 nitrogen and oxygen atoms in total. The Kier molecular flexibility index (Phi) is 6.01. The summed E-state index contributed by atoms with van der Waals surface area (Å²) in [5.74, 6) is 0.947. The molecule has 0 saturated carbocycles. The van der Waals surface area contributed by atoms with E-state index < -0.39 is 0 Å². The molecule has 4 rings (SSSR count). The van der Waals surface area contributed by atoms with Crippen molar-refractivity contribution in [2.24, 2.45) is 7.05 Å². The quantitative estimate of drug-likeness (QED) is 0.441. The zero-order valence-electron chi connectivity index (χ0n) is 17.0. The minimum Gasteiger partial charge on any atom is -0.354 e. The van der Waals surface area contributed by atoms with Crippen LogP contribution < -0.4 is 5.32 Å². The van der Waals surface area contributed by atoms with E-state index in [-0.39, 0.29) is 11.7 Å². The molecule has 0 fully saturated rings. The van der Waals surface area contributed by atoms with Crippen molar-refractivity contribution in [1.82, 2.24) is 24.3 Å². The molecule has 1 aromatic carbocycles. The lowest BCUT2D eigenvalue weighted by Gasteiger charge is -2.11. The summed E-state index contributed by atoms with van der Waals surface area (Å²) in [4.78, 5) is 16.6. The number of hydrogen-bond donors (Lipinski definition) is 1. The van der Waals surface area contributed by atoms with Crippen LogP contribution in [0.15, 0.2) is 53.1 Å². The third kappa shape index (κ3) is 4.63. The van der Waals surface area contributed by atoms with Gasteiger partial charge in [-0.15, -0.1) is 21.5 Å². The number of aromatic nitrogens is 5. The number of thioether (sulfide) groups is 1. The highest BCUT2D eigenvalue weighted by molar-refractivity contribution is 7.99. The molecule has 0 aliphatic heterocycles. The molecule has 0 aliphatic carbocycles. The van der Waals surface area contributed by atoms with E-state index in [4.69, 9.17) is 0 Å². The summed E-state index contributed by atoms with van der Waals surface area (Å²) < 4.78 is 4.10. The molecule has 0 radical (unpaired) electrons. The standard InChI is InChI=1S/C21H22N6OS2/c1-14-6-8-16(9-7-14)27-18(11-17-5-4-10-26(17)3)24-25-21(27)30-13-19(28)23-20-22-15(2)12-29-20/h4-10,12H,11,13H2,1-3H3,(H,22,23,28). The van der Waals surface area contributed by atoms with Crippen molar-refractivity contribution in [3.8, 4) is 5.69 Å². The Morgan fingerprint density at radius 3 is 2.63 bits per heavy atom. The van der Waals surface area contributed by atoms with E-state index in [0.717, 1.165) is 22.9 Å². The third-order valence-corrected chi connectivity index (χ3v) is 6.39. The van der Waals surface area contributed by atoms with Crippen LogP contribution in [0, 0.1) is 13.8 Å². The number of anilines is 1. The summed E-state index contributed by atoms with van der Waals surface area (Å²) in [5, 5.41) is 14.9. The van der Waals surface area contributed by atoms with Crippen molar-refractivity contribution in [2.45, 2.75) is 25.4 Å². The summed E-state index contributed by atoms with van der Waals surface area (Å²) in [6.07, 6.45) is 2.66. The zero-order valence-corrected chi connectivity index (χ0v) is 18.6. The monoisotopic (exact) mass is 438 g/mol. The van der Waals surface area contributed by atoms with Crippen LogP contribution >= 0.6 is 23.1 Å². The van der Waals surface area contributed by atoms with Gasteiger partial charge in [0.1, 0.15) is 5.82 Å². The second-order valence-corrected chi connectivity index (χ2v) is 8.79. The second kappa shape index (κ2) is 8.85. The molecule has 4 aromatic rings. The Hall–Kier alpha value is -2.91. The van der Waals surface area contributed by atoms with Crippen LogP contribution in [0.1, 0.15) is 22.8 Å². The van der Waals surface area contributed by atoms with Crippen molar-refractivity contribution >= 4 is 34.1 Å². The van der Waals surface area contributed by atoms with Gasteiger partial charge in [0, 0.05) is 36.4 Å². The summed E-state index contributed by atoms with van der Waals surface area (Å²) >= 11 is 2.79. The minimum atomic E-state index is -0.114. The number of carbonyl (C=O) groups excluding carboxylic acids is 1. The first kappa shape index (κ1) is 20.4. The van der Waals surface area contributed by atoms with E-state index in [1.54, 1.807) is 0 Å². The van der Waals surface area contributed by atoms with Crippen molar-refractivity contribution in [2.75, 3.05) is 11.1 Å². The fourth-order valence-corrected chi connectivity index (χ4v) is 4.48. The molecule has 0 spiro atoms. The Morgan fingerprint density at radius 2 is 1.97 bits per heavy atom. The number of carbonyl (C=O) groups is 1. The normalized spacial score (nSPS) is 11.0. The SMILES string of the molecule is Cc1ccc(-n2c(Cc3cccn3C)nnc2SCC(=O)Nc2nc(C)cs2)cc1. The van der Waals surface area contributed by atoms with Crippen LogP contribution in [-0.4, -0.2) is 36.0 Å². The van der Waals surface area contributed by atoms with Crippen molar-refractivity contribution in [3.63, 3.8) is 0 Å². The van der Waals surface area contributed by atoms with Gasteiger partial charge < -0.3 is 9.88 Å². The molecular weight excluding hydrogens is 416 g/mol. The lowest BCUT2D eigenvalue weighted by molar-refractivity contribution is -0.113. The zero-order chi connectivity index (χ0) is 21.1. The van der Waals surface area contributed by atoms with E-state index in [1.807, 2.05) is 36.2 Å². The molecule has 30 heavy (non-hydrogen) atoms. The van der Waals surface area contributed by atoms with Gasteiger partial charge >= 0.3 is 0 Å². The van der Waals surface area contributed by atoms with Gasteiger partial charge in [-0.1, -0.05) is 29.5 Å². The largest absolute Gasteiger partial charge is 0.354 e. The number of benzene rings is 1. The molecule has 3 aromatic heterocycles. The maximum Gasteiger partial charge on any atom is 0.236 e. The van der Waals surface area contributed by atoms with Gasteiger partial charge in [-0.3, -0.25) is 9.36 Å². The molecule has 0 bridgehead atoms. The van der Waals surface area contributed by atoms with E-state index in [1.165, 1.54) is 28.7 Å². The van der Waals surface area contributed by atoms with E-state index in [0.29, 0.717) is 16.7 Å². The van der Waals surface area contributed by atoms with Crippen LogP contribution in [0.3, 0.4) is 0 Å². The topological polar surface area (TPSA) is 77.6 Å². The van der Waals surface area contributed by atoms with Crippen molar-refractivity contribution < 1.29 is 4.79 Å². The first-order valence-corrected chi connectivity index (χ1v) is 11.3. The predicted molar refractivity (Wildman–Crippen MR) is 121 cm³/mol. The Bertz CT molecular complexity index is 1160. The minimum absolute atomic E-state index is 0.114. The smallest absolute Gasteiger partial charge is 0.236 e. The fraction of sp³-hybridized carbons (Fsp3) is 0.238. The fourth-order valence-electron chi connectivity index (χ4n) is 3.00. The van der Waals surface area contributed by atoms with E-state index >= 15 is 0 Å². The molecule has 0 saturated heterocycles. The molecule has 0 atom stereocenters. The van der Waals surface area contributed by atoms with Crippen LogP contribution in [0.2, 0.25) is 0 Å². The number of rotatable bonds is 7. The van der Waals surface area contributed by atoms with E-state index in [2.05, 4.69) is 62.3 Å². The average Bonchev–Trinajstić information content (AvgIpc) is 3.43. The Labute approximate surface area is 183 Å². The predicted octanol–water partition coefficient (Wildman–Crippen LogP) is 4.00. The first-order chi connectivity index (χ1) is 14.5. The van der Waals surface area contributed by atoms with Crippen LogP contribution in [0.4, 0.5) is 5.13 Å². The highest BCUT2D eigenvalue weighted by atomic mass is 32.2. The number of aryl methyl sites for hydroxylation is 3. The molecule has 9 heteroatoms. The van der Waals surface area contributed by atoms with Crippen LogP contribution in [0.25, 0.3) is 5.69 Å². The molecule has 3 heterocycles. The summed E-state index contributed by atoms with van der Waals surface area (Å²) in [6, 6.07) is 12.3. The molecule has 0 unspecified atom stereocenters. The molecule has 0 aliphatic rings. The average molecular weight is 439 g/mol. The Balaban J connectivity index is 1.56. The summed E-state index contributed by atoms with van der Waals surface area (Å²) in [6.45, 7) is 3.96. The van der Waals surface area contributed by atoms with Crippen LogP contribution in [-0.2, 0) is 18.3 Å². The van der Waals surface area contributed by atoms with Crippen molar-refractivity contribution in [3.05, 3.63) is 70.8 Å². The number of nitrogens with zero attached hydrogens (tertiary/aromatic N) is 5. The molecule has 1 N–H and O–H groups in total. The van der Waals surface area contributed by atoms with Gasteiger partial charge in [-0.05, 0) is 38.1 Å². The van der Waals surface area contributed by atoms with Gasteiger partial charge in [0.25, 0.3) is 0 Å². The summed E-state index contributed by atoms with van der Waals surface area (Å²) in [7, 11) is 2.02. The van der Waals surface area contributed by atoms with Gasteiger partial charge in [-0.25, -0.2) is 4.98 Å². The Morgan fingerprint density at radius 1 is 1.17 bits per heavy atom. The highest BCUT2D eigenvalue weighted by Crippen LogP contribution is 2.24. The maximum absolute atomic E-state index is 12.4. The first-order valence-electron chi connectivity index (χ1n) is 9.46. The number of amides is 1. The summed E-state index contributed by atoms with van der Waals surface area (Å²) in [5.41, 5.74) is 4.20. The molecule has 1 amide bonds. The second-order valence-electron chi connectivity index (χ2n) is 6.99. The van der Waals surface area contributed by atoms with Crippen LogP contribution in [0.5, 0.6) is 0 Å². The highest BCUT2D eigenvalue weighted by Gasteiger charge is 2.17. The van der Waals surface area contributed by atoms with Gasteiger partial charge in [0.15, 0.2) is 10.3 Å². The maximum atomic E-state index is 12.4. The molecular formula is C21H22N6OS2. The number of nitrogens with one attached hydrogen (secondary N) is 1. The lowest BCUT2D eigenvalue weighted by atomic mass is 10.2. The lowest BCUT2D eigenvalue weighted by Crippen LogP contribution is -2.14. The number of hydrogen-bond acceptors (Lipinski definition) is 6. The van der Waals surface area contributed by atoms with Gasteiger partial charge in [0.05, 0.1) is 11.4 Å². The third-order valence-electron chi connectivity index (χ3n) is 4.58. The van der Waals surface area contributed by atoms with Gasteiger partial charge in [-0.2, -0.15) is 0 Å². The van der Waals surface area contributed by atoms with E-state index in [9.17, 15) is 4.79 Å². The van der Waals surface area contributed by atoms with Gasteiger partial charge in [0.2, 0.25) is 5.91 Å². The molecule has 154 valence electrons.